The lowest BCUT2D eigenvalue weighted by Gasteiger charge is -2.19. The Morgan fingerprint density at radius 1 is 1.05 bits per heavy atom. The predicted octanol–water partition coefficient (Wildman–Crippen LogP) is 7.68. The molecule has 0 aliphatic heterocycles. The zero-order valence-corrected chi connectivity index (χ0v) is 25.4. The smallest absolute Gasteiger partial charge is 0.259 e. The van der Waals surface area contributed by atoms with Crippen LogP contribution in [-0.4, -0.2) is 34.6 Å². The minimum atomic E-state index is -0.769. The molecule has 8 nitrogen and oxygen atoms in total. The number of alkyl halides is 1. The molecule has 1 heterocycles. The summed E-state index contributed by atoms with van der Waals surface area (Å²) in [5.41, 5.74) is 1.76. The molecule has 2 amide bonds. The normalized spacial score (nSPS) is 11.5. The van der Waals surface area contributed by atoms with Gasteiger partial charge in [-0.05, 0) is 35.9 Å². The Labute approximate surface area is 256 Å². The molecule has 0 aliphatic carbocycles. The highest BCUT2D eigenvalue weighted by Gasteiger charge is 2.23. The largest absolute Gasteiger partial charge is 0.490 e. The second kappa shape index (κ2) is 12.7. The number of halogens is 5. The third-order valence-corrected chi connectivity index (χ3v) is 7.30. The van der Waals surface area contributed by atoms with Crippen molar-refractivity contribution in [3.63, 3.8) is 0 Å². The van der Waals surface area contributed by atoms with Crippen LogP contribution in [0.5, 0.6) is 5.75 Å². The van der Waals surface area contributed by atoms with E-state index < -0.39 is 23.8 Å². The third kappa shape index (κ3) is 6.88. The molecule has 1 aromatic heterocycles. The average Bonchev–Trinajstić information content (AvgIpc) is 3.24. The lowest BCUT2D eigenvalue weighted by Crippen LogP contribution is -2.34. The fraction of sp³-hybridized carbons (Fsp3) is 0.276. The van der Waals surface area contributed by atoms with Crippen LogP contribution in [0.2, 0.25) is 15.1 Å². The lowest BCUT2D eigenvalue weighted by molar-refractivity contribution is -0.128. The standard InChI is InChI=1S/C29H28Cl3F2N5O3/c1-29(2,3)27(41)35-14-15-5-7-18(30)25(24(15)32)38-28-37-21-12-17(23(42-10-9-33)13-22(21)39(28)4)26(40)36-16-6-8-20(34)19(31)11-16/h5-8,11-13H,9-10,14H2,1-4H3,(H,35,41)(H,36,40)(H,37,38). The molecule has 0 aliphatic rings. The van der Waals surface area contributed by atoms with Crippen molar-refractivity contribution in [2.45, 2.75) is 27.3 Å². The number of nitrogens with zero attached hydrogens (tertiary/aromatic N) is 2. The maximum Gasteiger partial charge on any atom is 0.259 e. The summed E-state index contributed by atoms with van der Waals surface area (Å²) >= 11 is 19.0. The van der Waals surface area contributed by atoms with Crippen LogP contribution in [0, 0.1) is 11.2 Å². The average molecular weight is 639 g/mol. The summed E-state index contributed by atoms with van der Waals surface area (Å²) in [6.07, 6.45) is 0. The molecule has 0 bridgehead atoms. The summed E-state index contributed by atoms with van der Waals surface area (Å²) in [6.45, 7) is 4.58. The van der Waals surface area contributed by atoms with Gasteiger partial charge < -0.3 is 25.3 Å². The van der Waals surface area contributed by atoms with Crippen LogP contribution in [0.4, 0.5) is 26.1 Å². The van der Waals surface area contributed by atoms with Gasteiger partial charge in [0.25, 0.3) is 5.91 Å². The summed E-state index contributed by atoms with van der Waals surface area (Å²) < 4.78 is 33.8. The van der Waals surface area contributed by atoms with E-state index in [1.807, 2.05) is 20.8 Å². The molecule has 0 fully saturated rings. The lowest BCUT2D eigenvalue weighted by atomic mass is 9.95. The minimum absolute atomic E-state index is 0.0775. The Morgan fingerprint density at radius 2 is 1.79 bits per heavy atom. The molecular formula is C29H28Cl3F2N5O3. The van der Waals surface area contributed by atoms with E-state index in [0.717, 1.165) is 6.07 Å². The molecule has 13 heteroatoms. The molecule has 4 rings (SSSR count). The van der Waals surface area contributed by atoms with Gasteiger partial charge in [0.15, 0.2) is 0 Å². The number of hydrogen-bond donors (Lipinski definition) is 3. The molecule has 3 aromatic carbocycles. The molecule has 42 heavy (non-hydrogen) atoms. The number of aryl methyl sites for hydroxylation is 1. The third-order valence-electron chi connectivity index (χ3n) is 6.27. The van der Waals surface area contributed by atoms with Crippen molar-refractivity contribution in [3.8, 4) is 5.75 Å². The van der Waals surface area contributed by atoms with Gasteiger partial charge in [-0.2, -0.15) is 0 Å². The number of ether oxygens (including phenoxy) is 1. The minimum Gasteiger partial charge on any atom is -0.490 e. The van der Waals surface area contributed by atoms with Gasteiger partial charge in [-0.1, -0.05) is 61.6 Å². The summed E-state index contributed by atoms with van der Waals surface area (Å²) in [7, 11) is 1.73. The first-order valence-electron chi connectivity index (χ1n) is 12.8. The number of hydrogen-bond acceptors (Lipinski definition) is 5. The van der Waals surface area contributed by atoms with Crippen LogP contribution in [0.15, 0.2) is 42.5 Å². The van der Waals surface area contributed by atoms with Gasteiger partial charge in [0.05, 0.1) is 37.4 Å². The molecular weight excluding hydrogens is 611 g/mol. The summed E-state index contributed by atoms with van der Waals surface area (Å²) in [5.74, 6) is -0.898. The Morgan fingerprint density at radius 3 is 2.45 bits per heavy atom. The van der Waals surface area contributed by atoms with E-state index in [4.69, 9.17) is 39.5 Å². The fourth-order valence-electron chi connectivity index (χ4n) is 3.95. The number of carbonyl (C=O) groups excluding carboxylic acids is 2. The number of amides is 2. The monoisotopic (exact) mass is 637 g/mol. The van der Waals surface area contributed by atoms with E-state index in [1.165, 1.54) is 18.2 Å². The van der Waals surface area contributed by atoms with E-state index in [1.54, 1.807) is 29.8 Å². The van der Waals surface area contributed by atoms with E-state index in [-0.39, 0.29) is 41.1 Å². The highest BCUT2D eigenvalue weighted by atomic mass is 35.5. The summed E-state index contributed by atoms with van der Waals surface area (Å²) in [4.78, 5) is 30.1. The Kier molecular flexibility index (Phi) is 9.50. The van der Waals surface area contributed by atoms with Crippen molar-refractivity contribution < 1.29 is 23.1 Å². The number of nitrogens with one attached hydrogen (secondary N) is 3. The molecule has 222 valence electrons. The second-order valence-corrected chi connectivity index (χ2v) is 11.6. The molecule has 0 saturated carbocycles. The van der Waals surface area contributed by atoms with Gasteiger partial charge >= 0.3 is 0 Å². The van der Waals surface area contributed by atoms with Gasteiger partial charge in [-0.3, -0.25) is 9.59 Å². The molecule has 0 radical (unpaired) electrons. The number of fused-ring (bicyclic) bond motifs is 1. The SMILES string of the molecule is Cn1c(Nc2c(Cl)ccc(CNC(=O)C(C)(C)C)c2Cl)nc2cc(C(=O)Nc3ccc(F)c(Cl)c3)c(OCCF)cc21. The van der Waals surface area contributed by atoms with Crippen molar-refractivity contribution in [1.82, 2.24) is 14.9 Å². The zero-order valence-electron chi connectivity index (χ0n) is 23.2. The van der Waals surface area contributed by atoms with E-state index in [9.17, 15) is 18.4 Å². The van der Waals surface area contributed by atoms with E-state index in [2.05, 4.69) is 20.9 Å². The predicted molar refractivity (Wildman–Crippen MR) is 163 cm³/mol. The Bertz CT molecular complexity index is 1670. The van der Waals surface area contributed by atoms with Crippen molar-refractivity contribution in [1.29, 1.82) is 0 Å². The molecule has 0 spiro atoms. The van der Waals surface area contributed by atoms with Crippen LogP contribution in [0.25, 0.3) is 11.0 Å². The fourth-order valence-corrected chi connectivity index (χ4v) is 4.66. The van der Waals surface area contributed by atoms with Crippen LogP contribution >= 0.6 is 34.8 Å². The van der Waals surface area contributed by atoms with Gasteiger partial charge in [0.1, 0.15) is 24.8 Å². The van der Waals surface area contributed by atoms with Crippen LogP contribution in [0.1, 0.15) is 36.7 Å². The van der Waals surface area contributed by atoms with Crippen LogP contribution in [-0.2, 0) is 18.4 Å². The number of carbonyl (C=O) groups is 2. The molecule has 0 unspecified atom stereocenters. The van der Waals surface area contributed by atoms with E-state index >= 15 is 0 Å². The van der Waals surface area contributed by atoms with Crippen molar-refractivity contribution >= 4 is 75.0 Å². The maximum atomic E-state index is 13.6. The Hall–Kier alpha value is -3.60. The summed E-state index contributed by atoms with van der Waals surface area (Å²) in [6, 6.07) is 10.2. The number of aromatic nitrogens is 2. The number of benzene rings is 3. The van der Waals surface area contributed by atoms with Crippen LogP contribution < -0.4 is 20.7 Å². The first-order valence-corrected chi connectivity index (χ1v) is 13.9. The van der Waals surface area contributed by atoms with Gasteiger partial charge in [-0.15, -0.1) is 0 Å². The van der Waals surface area contributed by atoms with E-state index in [0.29, 0.717) is 38.3 Å². The highest BCUT2D eigenvalue weighted by Crippen LogP contribution is 2.37. The summed E-state index contributed by atoms with van der Waals surface area (Å²) in [5, 5.41) is 9.11. The number of rotatable bonds is 9. The van der Waals surface area contributed by atoms with Crippen molar-refractivity contribution in [2.24, 2.45) is 12.5 Å². The van der Waals surface area contributed by atoms with Crippen molar-refractivity contribution in [2.75, 3.05) is 23.9 Å². The molecule has 0 atom stereocenters. The highest BCUT2D eigenvalue weighted by molar-refractivity contribution is 6.39. The van der Waals surface area contributed by atoms with Crippen molar-refractivity contribution in [3.05, 3.63) is 74.5 Å². The first-order chi connectivity index (χ1) is 19.8. The quantitative estimate of drug-likeness (QED) is 0.175. The number of imidazole rings is 1. The first kappa shape index (κ1) is 31.3. The van der Waals surface area contributed by atoms with Gasteiger partial charge in [0, 0.05) is 30.8 Å². The molecule has 4 aromatic rings. The maximum absolute atomic E-state index is 13.6. The number of anilines is 3. The topological polar surface area (TPSA) is 97.3 Å². The van der Waals surface area contributed by atoms with Gasteiger partial charge in [-0.25, -0.2) is 13.8 Å². The Balaban J connectivity index is 1.67. The second-order valence-electron chi connectivity index (χ2n) is 10.4. The molecule has 0 saturated heterocycles. The van der Waals surface area contributed by atoms with Crippen LogP contribution in [0.3, 0.4) is 0 Å². The van der Waals surface area contributed by atoms with Gasteiger partial charge in [0.2, 0.25) is 11.9 Å². The zero-order chi connectivity index (χ0) is 30.8. The molecule has 3 N–H and O–H groups in total.